The van der Waals surface area contributed by atoms with Crippen LogP contribution in [0.5, 0.6) is 0 Å². The highest BCUT2D eigenvalue weighted by molar-refractivity contribution is 7.18. The number of pyridine rings is 2. The zero-order valence-corrected chi connectivity index (χ0v) is 35.7. The van der Waals surface area contributed by atoms with Crippen molar-refractivity contribution >= 4 is 87.9 Å². The lowest BCUT2D eigenvalue weighted by molar-refractivity contribution is -0.576. The van der Waals surface area contributed by atoms with Gasteiger partial charge < -0.3 is 10.6 Å². The summed E-state index contributed by atoms with van der Waals surface area (Å²) in [5, 5.41) is 11.5. The normalized spacial score (nSPS) is 11.8. The van der Waals surface area contributed by atoms with Crippen molar-refractivity contribution in [3.63, 3.8) is 0 Å². The van der Waals surface area contributed by atoms with Crippen molar-refractivity contribution in [3.8, 4) is 28.6 Å². The molecule has 6 heterocycles. The fourth-order valence-electron chi connectivity index (χ4n) is 7.46. The molecule has 0 aliphatic carbocycles. The second-order valence-corrected chi connectivity index (χ2v) is 17.8. The average Bonchev–Trinajstić information content (AvgIpc) is 3.87. The zero-order chi connectivity index (χ0) is 41.1. The van der Waals surface area contributed by atoms with Crippen LogP contribution in [0, 0.1) is 13.8 Å². The van der Waals surface area contributed by atoms with Crippen molar-refractivity contribution in [2.45, 2.75) is 53.4 Å². The van der Waals surface area contributed by atoms with Gasteiger partial charge in [0.05, 0.1) is 31.0 Å². The lowest BCUT2D eigenvalue weighted by atomic mass is 10.1. The van der Waals surface area contributed by atoms with Gasteiger partial charge in [0.15, 0.2) is 22.2 Å². The van der Waals surface area contributed by atoms with Gasteiger partial charge in [-0.05, 0) is 97.2 Å². The minimum absolute atomic E-state index is 0.240. The van der Waals surface area contributed by atoms with Gasteiger partial charge in [-0.2, -0.15) is 4.57 Å². The highest BCUT2D eigenvalue weighted by atomic mass is 32.1. The molecule has 0 aliphatic rings. The predicted molar refractivity (Wildman–Crippen MR) is 246 cm³/mol. The van der Waals surface area contributed by atoms with E-state index in [-0.39, 0.29) is 5.92 Å². The lowest BCUT2D eigenvalue weighted by Gasteiger charge is -2.12. The van der Waals surface area contributed by atoms with Gasteiger partial charge in [-0.15, -0.1) is 11.3 Å². The van der Waals surface area contributed by atoms with Crippen LogP contribution >= 0.6 is 22.7 Å². The van der Waals surface area contributed by atoms with Crippen molar-refractivity contribution in [1.29, 1.82) is 0 Å². The number of thiazole rings is 2. The van der Waals surface area contributed by atoms with E-state index in [9.17, 15) is 0 Å². The number of nitrogens with one attached hydrogen (secondary N) is 2. The summed E-state index contributed by atoms with van der Waals surface area (Å²) in [6.45, 7) is 13.0. The number of anilines is 4. The van der Waals surface area contributed by atoms with Gasteiger partial charge >= 0.3 is 5.82 Å². The molecule has 0 saturated heterocycles. The molecule has 60 heavy (non-hydrogen) atoms. The van der Waals surface area contributed by atoms with E-state index in [1.54, 1.807) is 35.1 Å². The minimum atomic E-state index is 0.240. The Morgan fingerprint density at radius 1 is 0.583 bits per heavy atom. The number of fused-ring (bicyclic) bond motifs is 4. The largest absolute Gasteiger partial charge is 0.340 e. The number of hydrogen-bond donors (Lipinski definition) is 2. The van der Waals surface area contributed by atoms with E-state index in [2.05, 4.69) is 135 Å². The first kappa shape index (κ1) is 37.5. The van der Waals surface area contributed by atoms with E-state index >= 15 is 0 Å². The van der Waals surface area contributed by atoms with E-state index in [1.807, 2.05) is 30.5 Å². The summed E-state index contributed by atoms with van der Waals surface area (Å²) in [6.07, 6.45) is 5.38. The molecule has 0 unspecified atom stereocenters. The molecule has 10 aromatic rings. The van der Waals surface area contributed by atoms with Crippen LogP contribution < -0.4 is 15.2 Å². The quantitative estimate of drug-likeness (QED) is 0.137. The molecular formula is C48H41N10S2+. The number of aromatic nitrogens is 8. The third-order valence-electron chi connectivity index (χ3n) is 10.5. The molecule has 0 spiro atoms. The molecule has 2 N–H and O–H groups in total. The number of nitrogens with zero attached hydrogens (tertiary/aromatic N) is 8. The van der Waals surface area contributed by atoms with Crippen molar-refractivity contribution in [3.05, 3.63) is 137 Å². The molecule has 294 valence electrons. The number of rotatable bonds is 9. The summed E-state index contributed by atoms with van der Waals surface area (Å²) in [4.78, 5) is 34.2. The third kappa shape index (κ3) is 6.97. The Morgan fingerprint density at radius 2 is 1.30 bits per heavy atom. The van der Waals surface area contributed by atoms with Crippen LogP contribution in [0.3, 0.4) is 0 Å². The first-order chi connectivity index (χ1) is 29.1. The minimum Gasteiger partial charge on any atom is -0.340 e. The van der Waals surface area contributed by atoms with Gasteiger partial charge in [0.1, 0.15) is 17.8 Å². The van der Waals surface area contributed by atoms with Gasteiger partial charge in [-0.25, -0.2) is 24.9 Å². The van der Waals surface area contributed by atoms with Crippen molar-refractivity contribution in [2.75, 3.05) is 10.6 Å². The van der Waals surface area contributed by atoms with E-state index in [0.29, 0.717) is 17.6 Å². The maximum Gasteiger partial charge on any atom is 0.329 e. The fourth-order valence-corrected chi connectivity index (χ4v) is 9.66. The second kappa shape index (κ2) is 15.1. The highest BCUT2D eigenvalue weighted by Crippen LogP contribution is 2.35. The topological polar surface area (TPSA) is 118 Å². The molecule has 6 aromatic heterocycles. The molecule has 10 rings (SSSR count). The van der Waals surface area contributed by atoms with Crippen LogP contribution in [0.2, 0.25) is 0 Å². The first-order valence-corrected chi connectivity index (χ1v) is 21.6. The molecular weight excluding hydrogens is 781 g/mol. The summed E-state index contributed by atoms with van der Waals surface area (Å²) < 4.78 is 4.54. The van der Waals surface area contributed by atoms with E-state index in [4.69, 9.17) is 29.9 Å². The standard InChI is InChI=1S/C48H41N10S2/c1-26(2)47-54-37-14-11-32(24-39(37)59-47)52-46-35-22-28(5)10-13-36(35)53-44(57-46)31-18-21-50-41(23-31)58-38-15-12-33(25-40(38)60-48(58)27(3)4)51-45-34-9-7-8-29(6)42(34)55-43(56-45)30-16-19-49-20-17-30/h7-27H,1-6H3,(H,51,55,56)(H,52,53,57)/q+1. The summed E-state index contributed by atoms with van der Waals surface area (Å²) in [5.74, 6) is 4.20. The van der Waals surface area contributed by atoms with Crippen LogP contribution in [0.1, 0.15) is 60.7 Å². The molecule has 10 nitrogen and oxygen atoms in total. The van der Waals surface area contributed by atoms with Crippen LogP contribution in [0.4, 0.5) is 23.0 Å². The Hall–Kier alpha value is -6.76. The Bertz CT molecular complexity index is 3260. The molecule has 0 saturated carbocycles. The Kier molecular flexibility index (Phi) is 9.45. The second-order valence-electron chi connectivity index (χ2n) is 15.7. The van der Waals surface area contributed by atoms with Gasteiger partial charge in [0.2, 0.25) is 0 Å². The number of aryl methyl sites for hydroxylation is 2. The van der Waals surface area contributed by atoms with Crippen molar-refractivity contribution < 1.29 is 4.57 Å². The molecule has 0 bridgehead atoms. The van der Waals surface area contributed by atoms with Gasteiger partial charge in [0.25, 0.3) is 0 Å². The maximum absolute atomic E-state index is 5.18. The van der Waals surface area contributed by atoms with Crippen molar-refractivity contribution in [2.24, 2.45) is 0 Å². The monoisotopic (exact) mass is 821 g/mol. The molecule has 0 amide bonds. The fraction of sp³-hybridized carbons (Fsp3) is 0.167. The van der Waals surface area contributed by atoms with E-state index in [0.717, 1.165) is 98.3 Å². The first-order valence-electron chi connectivity index (χ1n) is 20.0. The molecule has 0 fully saturated rings. The number of para-hydroxylation sites is 1. The summed E-state index contributed by atoms with van der Waals surface area (Å²) >= 11 is 3.51. The molecule has 0 atom stereocenters. The van der Waals surface area contributed by atoms with Crippen LogP contribution in [0.25, 0.3) is 70.8 Å². The molecule has 4 aromatic carbocycles. The van der Waals surface area contributed by atoms with Crippen LogP contribution in [0.15, 0.2) is 116 Å². The van der Waals surface area contributed by atoms with Crippen LogP contribution in [-0.2, 0) is 0 Å². The smallest absolute Gasteiger partial charge is 0.329 e. The number of hydrogen-bond acceptors (Lipinski definition) is 11. The molecule has 12 heteroatoms. The summed E-state index contributed by atoms with van der Waals surface area (Å²) in [6, 6.07) is 33.2. The third-order valence-corrected chi connectivity index (χ3v) is 13.2. The zero-order valence-electron chi connectivity index (χ0n) is 34.0. The maximum atomic E-state index is 5.18. The number of benzene rings is 4. The van der Waals surface area contributed by atoms with Gasteiger partial charge in [-0.3, -0.25) is 4.98 Å². The SMILES string of the molecule is Cc1ccc2nc(-c3ccnc(-[n+]4c(C(C)C)sc5cc(Nc6nc(-c7ccncc7)nc7c(C)cccc67)ccc54)c3)nc(Nc3ccc4nc(C(C)C)sc4c3)c2c1. The highest BCUT2D eigenvalue weighted by Gasteiger charge is 2.25. The van der Waals surface area contributed by atoms with E-state index in [1.165, 1.54) is 5.01 Å². The van der Waals surface area contributed by atoms with E-state index < -0.39 is 0 Å². The average molecular weight is 822 g/mol. The Balaban J connectivity index is 1.03. The predicted octanol–water partition coefficient (Wildman–Crippen LogP) is 12.1. The van der Waals surface area contributed by atoms with Gasteiger partial charge in [0, 0.05) is 63.6 Å². The van der Waals surface area contributed by atoms with Gasteiger partial charge in [-0.1, -0.05) is 62.8 Å². The molecule has 0 aliphatic heterocycles. The summed E-state index contributed by atoms with van der Waals surface area (Å²) in [7, 11) is 0. The Morgan fingerprint density at radius 3 is 2.08 bits per heavy atom. The summed E-state index contributed by atoms with van der Waals surface area (Å²) in [5.41, 5.74) is 9.76. The Labute approximate surface area is 355 Å². The van der Waals surface area contributed by atoms with Crippen LogP contribution in [-0.4, -0.2) is 34.9 Å². The lowest BCUT2D eigenvalue weighted by Crippen LogP contribution is -2.35. The van der Waals surface area contributed by atoms with Crippen molar-refractivity contribution in [1.82, 2.24) is 34.9 Å². The molecule has 0 radical (unpaired) electrons.